The number of nitrogens with zero attached hydrogens (tertiary/aromatic N) is 1. The number of anilines is 2. The average molecular weight is 502 g/mol. The van der Waals surface area contributed by atoms with Crippen LogP contribution in [-0.2, 0) is 20.0 Å². The molecule has 0 fully saturated rings. The van der Waals surface area contributed by atoms with Crippen LogP contribution in [0.25, 0.3) is 0 Å². The number of hydrogen-bond acceptors (Lipinski definition) is 5. The molecule has 3 aromatic rings. The Hall–Kier alpha value is -3.21. The lowest BCUT2D eigenvalue weighted by atomic mass is 10.2. The first-order valence-electron chi connectivity index (χ1n) is 10.7. The van der Waals surface area contributed by atoms with Crippen LogP contribution in [0.2, 0.25) is 0 Å². The predicted octanol–water partition coefficient (Wildman–Crippen LogP) is 4.08. The molecule has 0 aliphatic rings. The normalized spacial score (nSPS) is 11.9. The predicted molar refractivity (Wildman–Crippen MR) is 133 cm³/mol. The molecule has 3 rings (SSSR count). The Morgan fingerprint density at radius 2 is 1.24 bits per heavy atom. The van der Waals surface area contributed by atoms with Crippen molar-refractivity contribution in [3.8, 4) is 0 Å². The van der Waals surface area contributed by atoms with Crippen LogP contribution in [0.15, 0.2) is 82.6 Å². The van der Waals surface area contributed by atoms with E-state index in [-0.39, 0.29) is 9.79 Å². The Balaban J connectivity index is 1.67. The average Bonchev–Trinajstić information content (AvgIpc) is 2.80. The van der Waals surface area contributed by atoms with Gasteiger partial charge in [0.25, 0.3) is 15.9 Å². The molecule has 0 bridgehead atoms. The van der Waals surface area contributed by atoms with Crippen molar-refractivity contribution in [3.05, 3.63) is 83.9 Å². The van der Waals surface area contributed by atoms with Gasteiger partial charge in [-0.1, -0.05) is 31.5 Å². The summed E-state index contributed by atoms with van der Waals surface area (Å²) >= 11 is 0. The second-order valence-corrected chi connectivity index (χ2v) is 11.2. The lowest BCUT2D eigenvalue weighted by Gasteiger charge is -2.18. The lowest BCUT2D eigenvalue weighted by Crippen LogP contribution is -2.30. The highest BCUT2D eigenvalue weighted by atomic mass is 32.2. The molecular formula is C24H27N3O5S2. The number of carbonyl (C=O) groups is 1. The summed E-state index contributed by atoms with van der Waals surface area (Å²) in [7, 11) is -7.32. The zero-order chi connectivity index (χ0) is 24.9. The number of amides is 1. The number of nitrogens with one attached hydrogen (secondary N) is 2. The highest BCUT2D eigenvalue weighted by Gasteiger charge is 2.21. The summed E-state index contributed by atoms with van der Waals surface area (Å²) in [6.45, 7) is 6.15. The topological polar surface area (TPSA) is 113 Å². The maximum absolute atomic E-state index is 12.6. The lowest BCUT2D eigenvalue weighted by molar-refractivity contribution is 0.102. The maximum Gasteiger partial charge on any atom is 0.261 e. The van der Waals surface area contributed by atoms with Gasteiger partial charge in [0.1, 0.15) is 0 Å². The van der Waals surface area contributed by atoms with Gasteiger partial charge in [0.15, 0.2) is 0 Å². The Kier molecular flexibility index (Phi) is 7.75. The van der Waals surface area contributed by atoms with E-state index in [4.69, 9.17) is 0 Å². The second-order valence-electron chi connectivity index (χ2n) is 7.56. The monoisotopic (exact) mass is 501 g/mol. The summed E-state index contributed by atoms with van der Waals surface area (Å²) < 4.78 is 54.0. The third-order valence-corrected chi connectivity index (χ3v) is 8.65. The highest BCUT2D eigenvalue weighted by Crippen LogP contribution is 2.20. The SMILES string of the molecule is CCN(CC)S(=O)(=O)c1ccc(NC(=O)c2ccc(NS(=O)(=O)c3ccc(C)cc3)cc2)cc1. The summed E-state index contributed by atoms with van der Waals surface area (Å²) in [5, 5.41) is 2.71. The van der Waals surface area contributed by atoms with Crippen LogP contribution in [0.3, 0.4) is 0 Å². The van der Waals surface area contributed by atoms with Crippen molar-refractivity contribution in [1.29, 1.82) is 0 Å². The Bertz CT molecular complexity index is 1350. The van der Waals surface area contributed by atoms with Gasteiger partial charge in [-0.2, -0.15) is 4.31 Å². The number of aryl methyl sites for hydroxylation is 1. The molecule has 1 amide bonds. The van der Waals surface area contributed by atoms with Crippen molar-refractivity contribution in [2.45, 2.75) is 30.6 Å². The van der Waals surface area contributed by atoms with Crippen LogP contribution in [0, 0.1) is 6.92 Å². The molecule has 0 radical (unpaired) electrons. The number of carbonyl (C=O) groups excluding carboxylic acids is 1. The molecule has 0 unspecified atom stereocenters. The molecule has 180 valence electrons. The maximum atomic E-state index is 12.6. The number of hydrogen-bond donors (Lipinski definition) is 2. The Morgan fingerprint density at radius 3 is 1.76 bits per heavy atom. The minimum Gasteiger partial charge on any atom is -0.322 e. The largest absolute Gasteiger partial charge is 0.322 e. The molecule has 8 nitrogen and oxygen atoms in total. The van der Waals surface area contributed by atoms with Gasteiger partial charge in [0, 0.05) is 30.0 Å². The molecule has 0 aromatic heterocycles. The van der Waals surface area contributed by atoms with Crippen molar-refractivity contribution in [1.82, 2.24) is 4.31 Å². The zero-order valence-corrected chi connectivity index (χ0v) is 20.8. The van der Waals surface area contributed by atoms with Gasteiger partial charge >= 0.3 is 0 Å². The van der Waals surface area contributed by atoms with Crippen LogP contribution in [0.1, 0.15) is 29.8 Å². The van der Waals surface area contributed by atoms with E-state index in [0.717, 1.165) is 5.56 Å². The Morgan fingerprint density at radius 1 is 0.735 bits per heavy atom. The summed E-state index contributed by atoms with van der Waals surface area (Å²) in [6, 6.07) is 18.4. The molecule has 10 heteroatoms. The minimum absolute atomic E-state index is 0.145. The van der Waals surface area contributed by atoms with Gasteiger partial charge in [-0.3, -0.25) is 9.52 Å². The van der Waals surface area contributed by atoms with Crippen LogP contribution in [0.5, 0.6) is 0 Å². The molecule has 3 aromatic carbocycles. The zero-order valence-electron chi connectivity index (χ0n) is 19.1. The molecular weight excluding hydrogens is 474 g/mol. The van der Waals surface area contributed by atoms with Crippen molar-refractivity contribution >= 4 is 37.3 Å². The number of sulfonamides is 2. The van der Waals surface area contributed by atoms with Gasteiger partial charge in [-0.15, -0.1) is 0 Å². The first kappa shape index (κ1) is 25.4. The van der Waals surface area contributed by atoms with Gasteiger partial charge in [-0.25, -0.2) is 16.8 Å². The van der Waals surface area contributed by atoms with E-state index >= 15 is 0 Å². The van der Waals surface area contributed by atoms with Crippen LogP contribution in [0.4, 0.5) is 11.4 Å². The smallest absolute Gasteiger partial charge is 0.261 e. The fraction of sp³-hybridized carbons (Fsp3) is 0.208. The van der Waals surface area contributed by atoms with E-state index in [1.165, 1.54) is 65.0 Å². The van der Waals surface area contributed by atoms with Gasteiger partial charge in [0.2, 0.25) is 10.0 Å². The van der Waals surface area contributed by atoms with Crippen molar-refractivity contribution < 1.29 is 21.6 Å². The van der Waals surface area contributed by atoms with E-state index in [2.05, 4.69) is 10.0 Å². The molecule has 0 aliphatic carbocycles. The van der Waals surface area contributed by atoms with E-state index in [9.17, 15) is 21.6 Å². The van der Waals surface area contributed by atoms with Crippen LogP contribution < -0.4 is 10.0 Å². The molecule has 0 aliphatic heterocycles. The molecule has 2 N–H and O–H groups in total. The Labute approximate surface area is 200 Å². The quantitative estimate of drug-likeness (QED) is 0.459. The summed E-state index contributed by atoms with van der Waals surface area (Å²) in [5.74, 6) is -0.410. The standard InChI is InChI=1S/C24H27N3O5S2/c1-4-27(5-2)34(31,32)23-16-12-20(13-17-23)25-24(28)19-8-10-21(11-9-19)26-33(29,30)22-14-6-18(3)7-15-22/h6-17,26H,4-5H2,1-3H3,(H,25,28). The van der Waals surface area contributed by atoms with Gasteiger partial charge in [0.05, 0.1) is 9.79 Å². The van der Waals surface area contributed by atoms with Crippen LogP contribution in [-0.4, -0.2) is 40.1 Å². The van der Waals surface area contributed by atoms with E-state index in [0.29, 0.717) is 30.0 Å². The number of rotatable bonds is 9. The first-order chi connectivity index (χ1) is 16.1. The molecule has 0 spiro atoms. The van der Waals surface area contributed by atoms with Gasteiger partial charge < -0.3 is 5.32 Å². The fourth-order valence-corrected chi connectivity index (χ4v) is 5.76. The van der Waals surface area contributed by atoms with Crippen molar-refractivity contribution in [3.63, 3.8) is 0 Å². The fourth-order valence-electron chi connectivity index (χ4n) is 3.25. The molecule has 0 saturated carbocycles. The minimum atomic E-state index is -3.74. The summed E-state index contributed by atoms with van der Waals surface area (Å²) in [5.41, 5.74) is 2.03. The first-order valence-corrected chi connectivity index (χ1v) is 13.6. The third-order valence-electron chi connectivity index (χ3n) is 5.19. The van der Waals surface area contributed by atoms with E-state index < -0.39 is 26.0 Å². The highest BCUT2D eigenvalue weighted by molar-refractivity contribution is 7.92. The van der Waals surface area contributed by atoms with Crippen molar-refractivity contribution in [2.24, 2.45) is 0 Å². The molecule has 34 heavy (non-hydrogen) atoms. The molecule has 0 heterocycles. The third kappa shape index (κ3) is 5.82. The number of benzene rings is 3. The molecule has 0 saturated heterocycles. The summed E-state index contributed by atoms with van der Waals surface area (Å²) in [6.07, 6.45) is 0. The van der Waals surface area contributed by atoms with E-state index in [1.807, 2.05) is 6.92 Å². The van der Waals surface area contributed by atoms with Gasteiger partial charge in [-0.05, 0) is 67.6 Å². The van der Waals surface area contributed by atoms with Crippen molar-refractivity contribution in [2.75, 3.05) is 23.1 Å². The van der Waals surface area contributed by atoms with Crippen LogP contribution >= 0.6 is 0 Å². The summed E-state index contributed by atoms with van der Waals surface area (Å²) in [4.78, 5) is 12.9. The van der Waals surface area contributed by atoms with E-state index in [1.54, 1.807) is 26.0 Å². The molecule has 0 atom stereocenters. The second kappa shape index (κ2) is 10.4.